The Kier molecular flexibility index (Phi) is 9.80. The SMILES string of the molecule is COc1c(OCCCCCCl)ccc2cc(OCCCCCCl)ccc12. The predicted molar refractivity (Wildman–Crippen MR) is 111 cm³/mol. The standard InChI is InChI=1S/C21H28Cl2O3/c1-24-21-19-10-9-18(25-14-6-2-4-12-22)16-17(19)8-11-20(21)26-15-7-3-5-13-23/h8-11,16H,2-7,12-15H2,1H3. The number of hydrogen-bond acceptors (Lipinski definition) is 3. The van der Waals surface area contributed by atoms with Crippen molar-refractivity contribution in [1.29, 1.82) is 0 Å². The molecule has 0 saturated heterocycles. The smallest absolute Gasteiger partial charge is 0.168 e. The molecule has 2 aromatic rings. The Morgan fingerprint density at radius 2 is 1.46 bits per heavy atom. The van der Waals surface area contributed by atoms with Gasteiger partial charge >= 0.3 is 0 Å². The fraction of sp³-hybridized carbons (Fsp3) is 0.524. The van der Waals surface area contributed by atoms with Crippen LogP contribution in [0.1, 0.15) is 38.5 Å². The van der Waals surface area contributed by atoms with Gasteiger partial charge in [-0.2, -0.15) is 0 Å². The number of ether oxygens (including phenoxy) is 3. The molecule has 0 aromatic heterocycles. The van der Waals surface area contributed by atoms with Crippen LogP contribution in [0.15, 0.2) is 30.3 Å². The van der Waals surface area contributed by atoms with E-state index in [0.717, 1.165) is 66.5 Å². The van der Waals surface area contributed by atoms with E-state index in [0.29, 0.717) is 25.0 Å². The minimum atomic E-state index is 0.669. The first kappa shape index (κ1) is 21.0. The zero-order chi connectivity index (χ0) is 18.6. The molecule has 0 unspecified atom stereocenters. The molecule has 2 aromatic carbocycles. The van der Waals surface area contributed by atoms with Crippen molar-refractivity contribution in [1.82, 2.24) is 0 Å². The van der Waals surface area contributed by atoms with E-state index < -0.39 is 0 Å². The van der Waals surface area contributed by atoms with Gasteiger partial charge in [0.05, 0.1) is 20.3 Å². The molecule has 5 heteroatoms. The lowest BCUT2D eigenvalue weighted by atomic mass is 10.1. The van der Waals surface area contributed by atoms with Gasteiger partial charge in [-0.1, -0.05) is 6.07 Å². The van der Waals surface area contributed by atoms with Gasteiger partial charge in [-0.25, -0.2) is 0 Å². The molecule has 0 heterocycles. The molecular formula is C21H28Cl2O3. The van der Waals surface area contributed by atoms with Crippen LogP contribution >= 0.6 is 23.2 Å². The quantitative estimate of drug-likeness (QED) is 0.287. The molecule has 0 saturated carbocycles. The Labute approximate surface area is 166 Å². The van der Waals surface area contributed by atoms with E-state index in [-0.39, 0.29) is 0 Å². The lowest BCUT2D eigenvalue weighted by Crippen LogP contribution is -2.00. The largest absolute Gasteiger partial charge is 0.494 e. The highest BCUT2D eigenvalue weighted by molar-refractivity contribution is 6.18. The first-order valence-electron chi connectivity index (χ1n) is 9.28. The van der Waals surface area contributed by atoms with Crippen molar-refractivity contribution in [2.24, 2.45) is 0 Å². The molecule has 0 aliphatic rings. The van der Waals surface area contributed by atoms with Crippen molar-refractivity contribution < 1.29 is 14.2 Å². The Hall–Kier alpha value is -1.32. The van der Waals surface area contributed by atoms with E-state index in [4.69, 9.17) is 37.4 Å². The van der Waals surface area contributed by atoms with Crippen LogP contribution in [0.3, 0.4) is 0 Å². The van der Waals surface area contributed by atoms with Crippen molar-refractivity contribution in [2.45, 2.75) is 38.5 Å². The third kappa shape index (κ3) is 6.44. The summed E-state index contributed by atoms with van der Waals surface area (Å²) >= 11 is 11.4. The maximum Gasteiger partial charge on any atom is 0.168 e. The first-order valence-corrected chi connectivity index (χ1v) is 10.4. The monoisotopic (exact) mass is 398 g/mol. The molecular weight excluding hydrogens is 371 g/mol. The van der Waals surface area contributed by atoms with Gasteiger partial charge in [0.25, 0.3) is 0 Å². The molecule has 0 radical (unpaired) electrons. The molecule has 0 amide bonds. The molecule has 0 aliphatic carbocycles. The van der Waals surface area contributed by atoms with Gasteiger partial charge in [0.15, 0.2) is 11.5 Å². The molecule has 26 heavy (non-hydrogen) atoms. The van der Waals surface area contributed by atoms with Gasteiger partial charge in [-0.05, 0) is 68.2 Å². The molecule has 0 N–H and O–H groups in total. The zero-order valence-corrected chi connectivity index (χ0v) is 17.0. The normalized spacial score (nSPS) is 10.9. The average molecular weight is 399 g/mol. The number of benzene rings is 2. The third-order valence-corrected chi connectivity index (χ3v) is 4.73. The van der Waals surface area contributed by atoms with Crippen LogP contribution in [-0.2, 0) is 0 Å². The van der Waals surface area contributed by atoms with Gasteiger partial charge < -0.3 is 14.2 Å². The summed E-state index contributed by atoms with van der Waals surface area (Å²) in [5.41, 5.74) is 0. The summed E-state index contributed by atoms with van der Waals surface area (Å²) in [5, 5.41) is 2.11. The third-order valence-electron chi connectivity index (χ3n) is 4.19. The van der Waals surface area contributed by atoms with Crippen molar-refractivity contribution in [2.75, 3.05) is 32.1 Å². The molecule has 2 rings (SSSR count). The second kappa shape index (κ2) is 12.1. The van der Waals surface area contributed by atoms with Gasteiger partial charge in [0, 0.05) is 17.1 Å². The number of unbranched alkanes of at least 4 members (excludes halogenated alkanes) is 4. The molecule has 3 nitrogen and oxygen atoms in total. The van der Waals surface area contributed by atoms with Gasteiger partial charge in [-0.15, -0.1) is 23.2 Å². The minimum absolute atomic E-state index is 0.669. The number of halogens is 2. The summed E-state index contributed by atoms with van der Waals surface area (Å²) in [6, 6.07) is 10.1. The molecule has 0 atom stereocenters. The fourth-order valence-corrected chi connectivity index (χ4v) is 3.17. The van der Waals surface area contributed by atoms with Crippen LogP contribution in [-0.4, -0.2) is 32.1 Å². The van der Waals surface area contributed by atoms with E-state index in [9.17, 15) is 0 Å². The Balaban J connectivity index is 2.00. The topological polar surface area (TPSA) is 27.7 Å². The van der Waals surface area contributed by atoms with Crippen LogP contribution < -0.4 is 14.2 Å². The summed E-state index contributed by atoms with van der Waals surface area (Å²) < 4.78 is 17.3. The second-order valence-corrected chi connectivity index (χ2v) is 6.93. The van der Waals surface area contributed by atoms with Crippen LogP contribution in [0, 0.1) is 0 Å². The summed E-state index contributed by atoms with van der Waals surface area (Å²) in [7, 11) is 1.68. The highest BCUT2D eigenvalue weighted by Gasteiger charge is 2.10. The van der Waals surface area contributed by atoms with Crippen molar-refractivity contribution in [3.05, 3.63) is 30.3 Å². The van der Waals surface area contributed by atoms with E-state index in [2.05, 4.69) is 0 Å². The van der Waals surface area contributed by atoms with E-state index >= 15 is 0 Å². The summed E-state index contributed by atoms with van der Waals surface area (Å²) in [5.74, 6) is 3.85. The van der Waals surface area contributed by atoms with Crippen LogP contribution in [0.5, 0.6) is 17.2 Å². The number of hydrogen-bond donors (Lipinski definition) is 0. The Morgan fingerprint density at radius 1 is 0.769 bits per heavy atom. The van der Waals surface area contributed by atoms with Crippen LogP contribution in [0.4, 0.5) is 0 Å². The van der Waals surface area contributed by atoms with Crippen molar-refractivity contribution in [3.63, 3.8) is 0 Å². The van der Waals surface area contributed by atoms with Gasteiger partial charge in [-0.3, -0.25) is 0 Å². The second-order valence-electron chi connectivity index (χ2n) is 6.18. The number of rotatable bonds is 13. The van der Waals surface area contributed by atoms with Gasteiger partial charge in [0.2, 0.25) is 0 Å². The summed E-state index contributed by atoms with van der Waals surface area (Å²) in [6.07, 6.45) is 6.24. The molecule has 144 valence electrons. The zero-order valence-electron chi connectivity index (χ0n) is 15.4. The molecule has 0 aliphatic heterocycles. The average Bonchev–Trinajstić information content (AvgIpc) is 2.67. The van der Waals surface area contributed by atoms with Crippen molar-refractivity contribution in [3.8, 4) is 17.2 Å². The number of fused-ring (bicyclic) bond motifs is 1. The molecule has 0 bridgehead atoms. The highest BCUT2D eigenvalue weighted by atomic mass is 35.5. The van der Waals surface area contributed by atoms with E-state index in [1.54, 1.807) is 7.11 Å². The lowest BCUT2D eigenvalue weighted by Gasteiger charge is -2.14. The highest BCUT2D eigenvalue weighted by Crippen LogP contribution is 2.37. The first-order chi connectivity index (χ1) is 12.8. The number of alkyl halides is 2. The van der Waals surface area contributed by atoms with Crippen molar-refractivity contribution >= 4 is 34.0 Å². The molecule has 0 fully saturated rings. The summed E-state index contributed by atoms with van der Waals surface area (Å²) in [6.45, 7) is 1.38. The van der Waals surface area contributed by atoms with Crippen LogP contribution in [0.25, 0.3) is 10.8 Å². The maximum absolute atomic E-state index is 5.91. The summed E-state index contributed by atoms with van der Waals surface area (Å²) in [4.78, 5) is 0. The van der Waals surface area contributed by atoms with E-state index in [1.165, 1.54) is 0 Å². The number of methoxy groups -OCH3 is 1. The minimum Gasteiger partial charge on any atom is -0.494 e. The maximum atomic E-state index is 5.91. The van der Waals surface area contributed by atoms with E-state index in [1.807, 2.05) is 30.3 Å². The fourth-order valence-electron chi connectivity index (χ4n) is 2.79. The Bertz CT molecular complexity index is 661. The molecule has 0 spiro atoms. The van der Waals surface area contributed by atoms with Gasteiger partial charge in [0.1, 0.15) is 5.75 Å². The lowest BCUT2D eigenvalue weighted by molar-refractivity contribution is 0.287. The van der Waals surface area contributed by atoms with Crippen LogP contribution in [0.2, 0.25) is 0 Å². The predicted octanol–water partition coefficient (Wildman–Crippen LogP) is 6.42. The Morgan fingerprint density at radius 3 is 2.12 bits per heavy atom.